The number of nitrogens with one attached hydrogen (secondary N) is 1. The smallest absolute Gasteiger partial charge is 0.367 e. The number of carbonyl (C=O) groups is 1. The Balaban J connectivity index is 1.79. The lowest BCUT2D eigenvalue weighted by Crippen LogP contribution is -2.38. The van der Waals surface area contributed by atoms with Crippen molar-refractivity contribution in [1.29, 1.82) is 0 Å². The van der Waals surface area contributed by atoms with Gasteiger partial charge in [-0.2, -0.15) is 13.2 Å². The van der Waals surface area contributed by atoms with Gasteiger partial charge in [0, 0.05) is 44.0 Å². The fourth-order valence-electron chi connectivity index (χ4n) is 3.03. The van der Waals surface area contributed by atoms with E-state index in [-0.39, 0.29) is 42.4 Å². The molecule has 0 aliphatic heterocycles. The lowest BCUT2D eigenvalue weighted by atomic mass is 10.0. The molecule has 186 valence electrons. The summed E-state index contributed by atoms with van der Waals surface area (Å²) in [6.07, 6.45) is -1.03. The van der Waals surface area contributed by atoms with Gasteiger partial charge in [-0.3, -0.25) is 4.79 Å². The Labute approximate surface area is 196 Å². The summed E-state index contributed by atoms with van der Waals surface area (Å²) in [6, 6.07) is 4.97. The molecular weight excluding hydrogens is 478 g/mol. The van der Waals surface area contributed by atoms with E-state index in [0.717, 1.165) is 23.2 Å². The normalized spacial score (nSPS) is 11.9. The van der Waals surface area contributed by atoms with Crippen molar-refractivity contribution in [3.05, 3.63) is 66.1 Å². The van der Waals surface area contributed by atoms with E-state index >= 15 is 0 Å². The zero-order chi connectivity index (χ0) is 25.6. The predicted molar refractivity (Wildman–Crippen MR) is 114 cm³/mol. The fourth-order valence-corrected chi connectivity index (χ4v) is 3.03. The van der Waals surface area contributed by atoms with E-state index in [0.29, 0.717) is 13.1 Å². The number of alkyl halides is 5. The first-order valence-electron chi connectivity index (χ1n) is 10.3. The quantitative estimate of drug-likeness (QED) is 0.431. The number of amides is 1. The van der Waals surface area contributed by atoms with Gasteiger partial charge in [0.05, 0.1) is 18.0 Å². The van der Waals surface area contributed by atoms with Gasteiger partial charge >= 0.3 is 6.18 Å². The summed E-state index contributed by atoms with van der Waals surface area (Å²) in [4.78, 5) is 29.4. The molecule has 0 unspecified atom stereocenters. The van der Waals surface area contributed by atoms with Gasteiger partial charge in [0.25, 0.3) is 5.91 Å². The molecule has 1 N–H and O–H groups in total. The number of rotatable bonds is 9. The highest BCUT2D eigenvalue weighted by molar-refractivity contribution is 6.00. The molecule has 0 spiro atoms. The van der Waals surface area contributed by atoms with Crippen molar-refractivity contribution in [3.63, 3.8) is 0 Å². The molecule has 0 aliphatic rings. The third kappa shape index (κ3) is 7.36. The Kier molecular flexibility index (Phi) is 7.87. The highest BCUT2D eigenvalue weighted by atomic mass is 19.4. The largest absolute Gasteiger partial charge is 0.434 e. The van der Waals surface area contributed by atoms with Crippen molar-refractivity contribution in [2.45, 2.75) is 25.4 Å². The molecule has 7 nitrogen and oxygen atoms in total. The summed E-state index contributed by atoms with van der Waals surface area (Å²) in [7, 11) is 0. The van der Waals surface area contributed by atoms with Crippen LogP contribution >= 0.6 is 0 Å². The Bertz CT molecular complexity index is 1140. The van der Waals surface area contributed by atoms with Gasteiger partial charge in [-0.15, -0.1) is 0 Å². The third-order valence-corrected chi connectivity index (χ3v) is 4.76. The summed E-state index contributed by atoms with van der Waals surface area (Å²) in [5, 5.41) is 2.69. The first kappa shape index (κ1) is 25.8. The van der Waals surface area contributed by atoms with Gasteiger partial charge in [-0.05, 0) is 31.2 Å². The van der Waals surface area contributed by atoms with E-state index in [1.165, 1.54) is 18.5 Å². The second-order valence-electron chi connectivity index (χ2n) is 7.59. The molecule has 3 rings (SSSR count). The second-order valence-corrected chi connectivity index (χ2v) is 7.59. The monoisotopic (exact) mass is 498 g/mol. The minimum Gasteiger partial charge on any atom is -0.367 e. The standard InChI is InChI=1S/C22H20F6N6O/c1-21(24,25)5-9-34(10-8-29-18-13-32-17(12-33-18)22(26,27)28)20(35)16-11-14(23)3-4-15(16)19-30-6-2-7-31-19/h2-4,6-7,11-13H,5,8-10H2,1H3,(H,29,33). The number of aromatic nitrogens is 4. The van der Waals surface area contributed by atoms with Crippen LogP contribution in [0.4, 0.5) is 32.2 Å². The van der Waals surface area contributed by atoms with Gasteiger partial charge in [-0.1, -0.05) is 0 Å². The maximum absolute atomic E-state index is 14.0. The topological polar surface area (TPSA) is 83.9 Å². The highest BCUT2D eigenvalue weighted by Crippen LogP contribution is 2.27. The van der Waals surface area contributed by atoms with Crippen LogP contribution in [0.3, 0.4) is 0 Å². The fraction of sp³-hybridized carbons (Fsp3) is 0.318. The van der Waals surface area contributed by atoms with Gasteiger partial charge in [0.2, 0.25) is 5.92 Å². The van der Waals surface area contributed by atoms with Crippen LogP contribution in [0.25, 0.3) is 11.4 Å². The maximum atomic E-state index is 14.0. The molecule has 35 heavy (non-hydrogen) atoms. The Morgan fingerprint density at radius 2 is 1.71 bits per heavy atom. The zero-order valence-corrected chi connectivity index (χ0v) is 18.4. The first-order valence-corrected chi connectivity index (χ1v) is 10.3. The van der Waals surface area contributed by atoms with Crippen LogP contribution in [0.15, 0.2) is 49.1 Å². The number of hydrogen-bond acceptors (Lipinski definition) is 6. The average Bonchev–Trinajstić information content (AvgIpc) is 2.80. The molecule has 1 aromatic carbocycles. The number of carbonyl (C=O) groups excluding carboxylic acids is 1. The summed E-state index contributed by atoms with van der Waals surface area (Å²) in [5.41, 5.74) is -1.08. The van der Waals surface area contributed by atoms with E-state index in [1.54, 1.807) is 6.07 Å². The van der Waals surface area contributed by atoms with Crippen molar-refractivity contribution in [1.82, 2.24) is 24.8 Å². The van der Waals surface area contributed by atoms with Gasteiger partial charge in [0.15, 0.2) is 11.5 Å². The molecule has 1 amide bonds. The maximum Gasteiger partial charge on any atom is 0.434 e. The predicted octanol–water partition coefficient (Wildman–Crippen LogP) is 4.69. The van der Waals surface area contributed by atoms with E-state index in [9.17, 15) is 31.1 Å². The van der Waals surface area contributed by atoms with Crippen LogP contribution in [0.5, 0.6) is 0 Å². The molecule has 0 saturated heterocycles. The lowest BCUT2D eigenvalue weighted by Gasteiger charge is -2.25. The van der Waals surface area contributed by atoms with Crippen LogP contribution in [0.1, 0.15) is 29.4 Å². The zero-order valence-electron chi connectivity index (χ0n) is 18.4. The van der Waals surface area contributed by atoms with Crippen molar-refractivity contribution < 1.29 is 31.1 Å². The number of nitrogens with zero attached hydrogens (tertiary/aromatic N) is 5. The van der Waals surface area contributed by atoms with Gasteiger partial charge < -0.3 is 10.2 Å². The van der Waals surface area contributed by atoms with E-state index in [4.69, 9.17) is 0 Å². The molecule has 0 bridgehead atoms. The summed E-state index contributed by atoms with van der Waals surface area (Å²) < 4.78 is 79.0. The Hall–Kier alpha value is -3.77. The molecule has 0 radical (unpaired) electrons. The minimum atomic E-state index is -4.65. The Morgan fingerprint density at radius 3 is 2.31 bits per heavy atom. The lowest BCUT2D eigenvalue weighted by molar-refractivity contribution is -0.141. The van der Waals surface area contributed by atoms with Crippen molar-refractivity contribution in [2.24, 2.45) is 0 Å². The van der Waals surface area contributed by atoms with Crippen molar-refractivity contribution in [2.75, 3.05) is 25.0 Å². The molecule has 0 saturated carbocycles. The molecule has 3 aromatic rings. The molecule has 0 atom stereocenters. The molecule has 2 heterocycles. The van der Waals surface area contributed by atoms with Crippen molar-refractivity contribution >= 4 is 11.7 Å². The Morgan fingerprint density at radius 1 is 1.00 bits per heavy atom. The molecule has 0 aliphatic carbocycles. The number of halogens is 6. The van der Waals surface area contributed by atoms with Crippen LogP contribution in [0, 0.1) is 5.82 Å². The van der Waals surface area contributed by atoms with Gasteiger partial charge in [0.1, 0.15) is 11.6 Å². The van der Waals surface area contributed by atoms with Crippen LogP contribution < -0.4 is 5.32 Å². The minimum absolute atomic E-state index is 0.00431. The van der Waals surface area contributed by atoms with E-state index in [1.807, 2.05) is 0 Å². The van der Waals surface area contributed by atoms with Gasteiger partial charge in [-0.25, -0.2) is 33.1 Å². The number of anilines is 1. The first-order chi connectivity index (χ1) is 16.4. The highest BCUT2D eigenvalue weighted by Gasteiger charge is 2.32. The summed E-state index contributed by atoms with van der Waals surface area (Å²) in [5.74, 6) is -4.38. The van der Waals surface area contributed by atoms with E-state index in [2.05, 4.69) is 25.3 Å². The average molecular weight is 498 g/mol. The van der Waals surface area contributed by atoms with Crippen LogP contribution in [-0.4, -0.2) is 56.3 Å². The van der Waals surface area contributed by atoms with E-state index < -0.39 is 35.9 Å². The third-order valence-electron chi connectivity index (χ3n) is 4.76. The number of benzene rings is 1. The second kappa shape index (κ2) is 10.7. The molecule has 0 fully saturated rings. The molecule has 13 heteroatoms. The molecule has 2 aromatic heterocycles. The summed E-state index contributed by atoms with van der Waals surface area (Å²) >= 11 is 0. The van der Waals surface area contributed by atoms with Crippen LogP contribution in [0.2, 0.25) is 0 Å². The number of hydrogen-bond donors (Lipinski definition) is 1. The van der Waals surface area contributed by atoms with Crippen molar-refractivity contribution in [3.8, 4) is 11.4 Å². The SMILES string of the molecule is CC(F)(F)CCN(CCNc1cnc(C(F)(F)F)cn1)C(=O)c1cc(F)ccc1-c1ncccn1. The molecular formula is C22H20F6N6O. The van der Waals surface area contributed by atoms with Crippen LogP contribution in [-0.2, 0) is 6.18 Å². The summed E-state index contributed by atoms with van der Waals surface area (Å²) in [6.45, 7) is 0.155.